The van der Waals surface area contributed by atoms with Crippen LogP contribution in [0.5, 0.6) is 0 Å². The Balaban J connectivity index is 1.60. The Morgan fingerprint density at radius 3 is 2.90 bits per heavy atom. The second-order valence-corrected chi connectivity index (χ2v) is 7.56. The Hall–Kier alpha value is -1.21. The standard InChI is InChI=1S/C13H20N4O2S/c1-12(2,3)9-14-10(20-16-9)15-11(18)17-5-4-13(19)6-8(13)7-17/h8,19H,4-7H2,1-3H3,(H,14,15,16,18)/t8-,13+/m0/s1. The van der Waals surface area contributed by atoms with Crippen LogP contribution < -0.4 is 5.32 Å². The maximum atomic E-state index is 12.2. The summed E-state index contributed by atoms with van der Waals surface area (Å²) in [6.45, 7) is 7.36. The maximum Gasteiger partial charge on any atom is 0.323 e. The first-order valence-electron chi connectivity index (χ1n) is 6.90. The molecule has 110 valence electrons. The Morgan fingerprint density at radius 1 is 1.55 bits per heavy atom. The van der Waals surface area contributed by atoms with E-state index < -0.39 is 5.60 Å². The summed E-state index contributed by atoms with van der Waals surface area (Å²) < 4.78 is 4.28. The van der Waals surface area contributed by atoms with Gasteiger partial charge >= 0.3 is 6.03 Å². The number of nitrogens with one attached hydrogen (secondary N) is 1. The van der Waals surface area contributed by atoms with E-state index in [2.05, 4.69) is 14.7 Å². The van der Waals surface area contributed by atoms with Crippen molar-refractivity contribution >= 4 is 22.7 Å². The number of amides is 2. The monoisotopic (exact) mass is 296 g/mol. The van der Waals surface area contributed by atoms with Crippen molar-refractivity contribution in [3.63, 3.8) is 0 Å². The van der Waals surface area contributed by atoms with Gasteiger partial charge in [0.25, 0.3) is 0 Å². The van der Waals surface area contributed by atoms with Crippen LogP contribution in [0.4, 0.5) is 9.93 Å². The van der Waals surface area contributed by atoms with Crippen LogP contribution in [0.3, 0.4) is 0 Å². The van der Waals surface area contributed by atoms with Gasteiger partial charge in [-0.3, -0.25) is 5.32 Å². The molecule has 2 aliphatic rings. The number of nitrogens with zero attached hydrogens (tertiary/aromatic N) is 3. The molecule has 3 rings (SSSR count). The zero-order valence-corrected chi connectivity index (χ0v) is 12.8. The molecule has 1 saturated heterocycles. The molecule has 20 heavy (non-hydrogen) atoms. The van der Waals surface area contributed by atoms with Crippen molar-refractivity contribution in [2.45, 2.75) is 44.6 Å². The number of hydrogen-bond acceptors (Lipinski definition) is 5. The van der Waals surface area contributed by atoms with Crippen molar-refractivity contribution < 1.29 is 9.90 Å². The largest absolute Gasteiger partial charge is 0.389 e. The summed E-state index contributed by atoms with van der Waals surface area (Å²) in [4.78, 5) is 18.3. The normalized spacial score (nSPS) is 29.0. The van der Waals surface area contributed by atoms with Gasteiger partial charge in [0.1, 0.15) is 5.82 Å². The van der Waals surface area contributed by atoms with Gasteiger partial charge in [0.05, 0.1) is 5.60 Å². The molecule has 0 spiro atoms. The number of fused-ring (bicyclic) bond motifs is 1. The molecule has 0 unspecified atom stereocenters. The molecule has 7 heteroatoms. The number of piperidine rings is 1. The second-order valence-electron chi connectivity index (χ2n) is 6.80. The summed E-state index contributed by atoms with van der Waals surface area (Å²) in [5, 5.41) is 13.3. The molecule has 1 aliphatic carbocycles. The van der Waals surface area contributed by atoms with E-state index in [0.29, 0.717) is 24.6 Å². The highest BCUT2D eigenvalue weighted by Crippen LogP contribution is 2.49. The minimum Gasteiger partial charge on any atom is -0.389 e. The number of urea groups is 1. The molecule has 2 atom stereocenters. The third kappa shape index (κ3) is 2.52. The van der Waals surface area contributed by atoms with Crippen molar-refractivity contribution in [1.29, 1.82) is 0 Å². The third-order valence-corrected chi connectivity index (χ3v) is 4.68. The van der Waals surface area contributed by atoms with E-state index in [4.69, 9.17) is 0 Å². The molecule has 2 amide bonds. The van der Waals surface area contributed by atoms with Crippen LogP contribution in [0.2, 0.25) is 0 Å². The molecular weight excluding hydrogens is 276 g/mol. The van der Waals surface area contributed by atoms with Gasteiger partial charge in [0, 0.05) is 36.0 Å². The Bertz CT molecular complexity index is 539. The summed E-state index contributed by atoms with van der Waals surface area (Å²) in [6, 6.07) is -0.143. The molecule has 1 aromatic heterocycles. The quantitative estimate of drug-likeness (QED) is 0.828. The van der Waals surface area contributed by atoms with Crippen molar-refractivity contribution in [3.05, 3.63) is 5.82 Å². The molecule has 1 aromatic rings. The summed E-state index contributed by atoms with van der Waals surface area (Å²) in [6.07, 6.45) is 1.50. The molecule has 2 fully saturated rings. The lowest BCUT2D eigenvalue weighted by Crippen LogP contribution is -2.43. The first-order chi connectivity index (χ1) is 9.28. The zero-order chi connectivity index (χ0) is 14.5. The minimum absolute atomic E-state index is 0.116. The molecule has 0 aromatic carbocycles. The summed E-state index contributed by atoms with van der Waals surface area (Å²) >= 11 is 1.21. The number of hydrogen-bond donors (Lipinski definition) is 2. The molecule has 1 aliphatic heterocycles. The number of likely N-dealkylation sites (tertiary alicyclic amines) is 1. The fourth-order valence-corrected chi connectivity index (χ4v) is 3.28. The highest BCUT2D eigenvalue weighted by molar-refractivity contribution is 7.09. The van der Waals surface area contributed by atoms with Crippen molar-refractivity contribution in [1.82, 2.24) is 14.3 Å². The second kappa shape index (κ2) is 4.39. The highest BCUT2D eigenvalue weighted by atomic mass is 32.1. The Labute approximate surface area is 122 Å². The van der Waals surface area contributed by atoms with Gasteiger partial charge < -0.3 is 10.0 Å². The van der Waals surface area contributed by atoms with Crippen LogP contribution in [0.1, 0.15) is 39.4 Å². The van der Waals surface area contributed by atoms with Crippen LogP contribution in [0, 0.1) is 5.92 Å². The number of carbonyl (C=O) groups is 1. The van der Waals surface area contributed by atoms with E-state index in [1.165, 1.54) is 11.5 Å². The lowest BCUT2D eigenvalue weighted by Gasteiger charge is -2.28. The molecular formula is C13H20N4O2S. The number of aromatic nitrogens is 2. The average molecular weight is 296 g/mol. The predicted molar refractivity (Wildman–Crippen MR) is 76.9 cm³/mol. The summed E-state index contributed by atoms with van der Waals surface area (Å²) in [7, 11) is 0. The van der Waals surface area contributed by atoms with Crippen LogP contribution in [0.15, 0.2) is 0 Å². The van der Waals surface area contributed by atoms with E-state index in [-0.39, 0.29) is 17.4 Å². The molecule has 2 heterocycles. The van der Waals surface area contributed by atoms with Gasteiger partial charge in [0.15, 0.2) is 0 Å². The van der Waals surface area contributed by atoms with E-state index in [9.17, 15) is 9.90 Å². The van der Waals surface area contributed by atoms with E-state index in [0.717, 1.165) is 12.2 Å². The van der Waals surface area contributed by atoms with Crippen LogP contribution in [-0.2, 0) is 5.41 Å². The molecule has 0 bridgehead atoms. The fourth-order valence-electron chi connectivity index (χ4n) is 2.53. The van der Waals surface area contributed by atoms with Gasteiger partial charge in [-0.15, -0.1) is 0 Å². The lowest BCUT2D eigenvalue weighted by molar-refractivity contribution is 0.0774. The van der Waals surface area contributed by atoms with Crippen LogP contribution >= 0.6 is 11.5 Å². The molecule has 0 radical (unpaired) electrons. The average Bonchev–Trinajstić information content (AvgIpc) is 2.78. The van der Waals surface area contributed by atoms with E-state index in [1.54, 1.807) is 4.90 Å². The number of aliphatic hydroxyl groups is 1. The topological polar surface area (TPSA) is 78.4 Å². The third-order valence-electron chi connectivity index (χ3n) is 4.05. The zero-order valence-electron chi connectivity index (χ0n) is 12.0. The Kier molecular flexibility index (Phi) is 3.02. The number of carbonyl (C=O) groups excluding carboxylic acids is 1. The molecule has 1 saturated carbocycles. The van der Waals surface area contributed by atoms with Crippen LogP contribution in [-0.4, -0.2) is 44.1 Å². The molecule has 6 nitrogen and oxygen atoms in total. The van der Waals surface area contributed by atoms with E-state index in [1.807, 2.05) is 20.8 Å². The first-order valence-corrected chi connectivity index (χ1v) is 7.68. The van der Waals surface area contributed by atoms with Gasteiger partial charge in [-0.1, -0.05) is 20.8 Å². The van der Waals surface area contributed by atoms with Crippen molar-refractivity contribution in [3.8, 4) is 0 Å². The van der Waals surface area contributed by atoms with Gasteiger partial charge in [0.2, 0.25) is 5.13 Å². The van der Waals surface area contributed by atoms with Crippen molar-refractivity contribution in [2.75, 3.05) is 18.4 Å². The predicted octanol–water partition coefficient (Wildman–Crippen LogP) is 1.82. The van der Waals surface area contributed by atoms with Gasteiger partial charge in [-0.2, -0.15) is 4.37 Å². The maximum absolute atomic E-state index is 12.2. The first kappa shape index (κ1) is 13.8. The summed E-state index contributed by atoms with van der Waals surface area (Å²) in [5.74, 6) is 0.995. The molecule has 2 N–H and O–H groups in total. The fraction of sp³-hybridized carbons (Fsp3) is 0.769. The highest BCUT2D eigenvalue weighted by Gasteiger charge is 2.56. The van der Waals surface area contributed by atoms with E-state index >= 15 is 0 Å². The summed E-state index contributed by atoms with van der Waals surface area (Å²) in [5.41, 5.74) is -0.603. The number of anilines is 1. The Morgan fingerprint density at radius 2 is 2.30 bits per heavy atom. The van der Waals surface area contributed by atoms with Crippen LogP contribution in [0.25, 0.3) is 0 Å². The lowest BCUT2D eigenvalue weighted by atomic mass is 9.96. The van der Waals surface area contributed by atoms with Gasteiger partial charge in [-0.25, -0.2) is 9.78 Å². The minimum atomic E-state index is -0.487. The van der Waals surface area contributed by atoms with Gasteiger partial charge in [-0.05, 0) is 12.8 Å². The van der Waals surface area contributed by atoms with Crippen molar-refractivity contribution in [2.24, 2.45) is 5.92 Å². The SMILES string of the molecule is CC(C)(C)c1nsc(NC(=O)N2CC[C@@]3(O)C[C@H]3C2)n1. The number of rotatable bonds is 1. The smallest absolute Gasteiger partial charge is 0.323 e.